The van der Waals surface area contributed by atoms with Crippen LogP contribution in [-0.2, 0) is 17.6 Å². The molecule has 0 bridgehead atoms. The zero-order valence-corrected chi connectivity index (χ0v) is 18.2. The number of amides is 1. The van der Waals surface area contributed by atoms with Gasteiger partial charge in [0, 0.05) is 29.9 Å². The van der Waals surface area contributed by atoms with Crippen molar-refractivity contribution in [2.24, 2.45) is 5.92 Å². The average Bonchev–Trinajstić information content (AvgIpc) is 3.31. The lowest BCUT2D eigenvalue weighted by atomic mass is 9.86. The zero-order chi connectivity index (χ0) is 23.0. The number of carbonyl (C=O) groups excluding carboxylic acids is 1. The van der Waals surface area contributed by atoms with Crippen molar-refractivity contribution >= 4 is 40.5 Å². The maximum absolute atomic E-state index is 13.3. The fourth-order valence-electron chi connectivity index (χ4n) is 4.22. The molecule has 5 rings (SSSR count). The number of anilines is 2. The predicted octanol–water partition coefficient (Wildman–Crippen LogP) is 3.01. The van der Waals surface area contributed by atoms with Crippen LogP contribution in [0, 0.1) is 5.92 Å². The van der Waals surface area contributed by atoms with E-state index in [-0.39, 0.29) is 23.3 Å². The Bertz CT molecular complexity index is 1200. The van der Waals surface area contributed by atoms with Crippen LogP contribution < -0.4 is 20.1 Å². The van der Waals surface area contributed by atoms with Crippen molar-refractivity contribution < 1.29 is 27.6 Å². The molecule has 0 saturated carbocycles. The number of benzene rings is 1. The number of aryl methyl sites for hydroxylation is 1. The summed E-state index contributed by atoms with van der Waals surface area (Å²) in [5.41, 5.74) is 3.16. The van der Waals surface area contributed by atoms with Gasteiger partial charge >= 0.3 is 6.29 Å². The summed E-state index contributed by atoms with van der Waals surface area (Å²) in [5, 5.41) is 6.90. The molecule has 0 spiro atoms. The number of aromatic nitrogens is 3. The molecule has 2 aromatic heterocycles. The summed E-state index contributed by atoms with van der Waals surface area (Å²) in [4.78, 5) is 24.7. The highest BCUT2D eigenvalue weighted by atomic mass is 32.2. The smallest absolute Gasteiger partial charge is 0.395 e. The number of halogens is 2. The van der Waals surface area contributed by atoms with Crippen LogP contribution in [0.2, 0.25) is 0 Å². The maximum Gasteiger partial charge on any atom is 0.586 e. The molecule has 5 N–H and O–H groups in total. The molecule has 33 heavy (non-hydrogen) atoms. The fraction of sp³-hybridized carbons (Fsp3) is 0.381. The van der Waals surface area contributed by atoms with Crippen LogP contribution in [0.25, 0.3) is 11.0 Å². The van der Waals surface area contributed by atoms with Crippen LogP contribution in [-0.4, -0.2) is 44.0 Å². The fourth-order valence-corrected chi connectivity index (χ4v) is 4.51. The molecule has 174 valence electrons. The molecule has 2 aliphatic rings. The molecule has 1 aromatic carbocycles. The van der Waals surface area contributed by atoms with Crippen molar-refractivity contribution in [1.82, 2.24) is 20.3 Å². The van der Waals surface area contributed by atoms with Gasteiger partial charge in [-0.05, 0) is 43.4 Å². The number of ether oxygens (including phenoxy) is 2. The predicted molar refractivity (Wildman–Crippen MR) is 119 cm³/mol. The van der Waals surface area contributed by atoms with Gasteiger partial charge in [0.25, 0.3) is 0 Å². The minimum absolute atomic E-state index is 0.00744. The third-order valence-corrected chi connectivity index (χ3v) is 6.23. The molecular weight excluding hydrogens is 456 g/mol. The molecule has 12 heteroatoms. The number of rotatable bonds is 7. The van der Waals surface area contributed by atoms with E-state index in [9.17, 15) is 13.6 Å². The van der Waals surface area contributed by atoms with E-state index in [0.717, 1.165) is 41.5 Å². The number of alkyl halides is 2. The van der Waals surface area contributed by atoms with E-state index >= 15 is 0 Å². The second kappa shape index (κ2) is 8.67. The van der Waals surface area contributed by atoms with Crippen LogP contribution in [0.5, 0.6) is 11.5 Å². The minimum atomic E-state index is -3.68. The van der Waals surface area contributed by atoms with Gasteiger partial charge in [0.1, 0.15) is 17.8 Å². The first-order valence-corrected chi connectivity index (χ1v) is 11.5. The summed E-state index contributed by atoms with van der Waals surface area (Å²) in [6.07, 6.45) is 0.481. The number of hydrogen-bond donors (Lipinski definition) is 3. The monoisotopic (exact) mass is 478 g/mol. The summed E-state index contributed by atoms with van der Waals surface area (Å²) in [5.74, 6) is 0.937. The van der Waals surface area contributed by atoms with E-state index in [1.54, 1.807) is 6.07 Å². The van der Waals surface area contributed by atoms with Gasteiger partial charge in [0.2, 0.25) is 5.91 Å². The Morgan fingerprint density at radius 2 is 2.15 bits per heavy atom. The van der Waals surface area contributed by atoms with Gasteiger partial charge in [-0.15, -0.1) is 8.78 Å². The van der Waals surface area contributed by atoms with E-state index in [2.05, 4.69) is 35.1 Å². The van der Waals surface area contributed by atoms with Crippen LogP contribution >= 0.6 is 12.0 Å². The van der Waals surface area contributed by atoms with E-state index in [1.807, 2.05) is 0 Å². The van der Waals surface area contributed by atoms with E-state index in [4.69, 9.17) is 4.55 Å². The van der Waals surface area contributed by atoms with Crippen LogP contribution in [0.4, 0.5) is 20.3 Å². The van der Waals surface area contributed by atoms with E-state index < -0.39 is 6.29 Å². The third-order valence-electron chi connectivity index (χ3n) is 5.73. The van der Waals surface area contributed by atoms with Gasteiger partial charge in [-0.2, -0.15) is 0 Å². The summed E-state index contributed by atoms with van der Waals surface area (Å²) in [6.45, 7) is 0.557. The van der Waals surface area contributed by atoms with Crippen molar-refractivity contribution in [3.8, 4) is 11.5 Å². The number of fused-ring (bicyclic) bond motifs is 4. The Morgan fingerprint density at radius 1 is 1.30 bits per heavy atom. The van der Waals surface area contributed by atoms with Gasteiger partial charge in [-0.1, -0.05) is 0 Å². The topological polar surface area (TPSA) is 124 Å². The molecular formula is C21H22F2N5O4S+. The quantitative estimate of drug-likeness (QED) is 0.271. The van der Waals surface area contributed by atoms with Crippen molar-refractivity contribution in [2.45, 2.75) is 32.0 Å². The lowest BCUT2D eigenvalue weighted by molar-refractivity contribution is -0.286. The first kappa shape index (κ1) is 21.7. The first-order chi connectivity index (χ1) is 15.9. The van der Waals surface area contributed by atoms with Crippen LogP contribution in [0.15, 0.2) is 24.5 Å². The Hall–Kier alpha value is -3.12. The lowest BCUT2D eigenvalue weighted by Gasteiger charge is -2.22. The largest absolute Gasteiger partial charge is 0.586 e. The van der Waals surface area contributed by atoms with E-state index in [1.165, 1.54) is 18.5 Å². The summed E-state index contributed by atoms with van der Waals surface area (Å²) in [6, 6.07) is 4.43. The average molecular weight is 479 g/mol. The molecule has 0 radical (unpaired) electrons. The van der Waals surface area contributed by atoms with Crippen LogP contribution in [0.1, 0.15) is 24.1 Å². The Balaban J connectivity index is 1.38. The molecule has 0 fully saturated rings. The standard InChI is InChI=1S/C21H21F2N5O4S/c22-21(23)31-15-5-3-12(9-16(15)32-21)27-18-17-13-8-11(20(29)24-6-1-7-33-30)2-4-14(13)28-19(17)26-10-25-18/h3,5,9-11,30H,1-2,4,6-8H2,(H,24,29)(H2,25,26,27,28)/p+1. The van der Waals surface area contributed by atoms with E-state index in [0.29, 0.717) is 42.3 Å². The van der Waals surface area contributed by atoms with Crippen LogP contribution in [0.3, 0.4) is 0 Å². The van der Waals surface area contributed by atoms with Gasteiger partial charge < -0.3 is 29.6 Å². The number of nitrogens with zero attached hydrogens (tertiary/aromatic N) is 2. The van der Waals surface area contributed by atoms with Gasteiger partial charge in [-0.3, -0.25) is 4.79 Å². The van der Waals surface area contributed by atoms with Crippen molar-refractivity contribution in [3.63, 3.8) is 0 Å². The molecule has 3 aromatic rings. The number of hydrogen-bond acceptors (Lipinski definition) is 7. The Kier molecular flexibility index (Phi) is 5.71. The Labute approximate surface area is 191 Å². The number of carbonyl (C=O) groups is 1. The highest BCUT2D eigenvalue weighted by Gasteiger charge is 2.43. The minimum Gasteiger partial charge on any atom is -0.395 e. The van der Waals surface area contributed by atoms with Crippen molar-refractivity contribution in [2.75, 3.05) is 17.6 Å². The molecule has 9 nitrogen and oxygen atoms in total. The molecule has 3 heterocycles. The molecule has 1 unspecified atom stereocenters. The zero-order valence-electron chi connectivity index (χ0n) is 17.4. The molecule has 1 atom stereocenters. The normalized spacial score (nSPS) is 18.2. The summed E-state index contributed by atoms with van der Waals surface area (Å²) >= 11 is 1.01. The maximum atomic E-state index is 13.3. The van der Waals surface area contributed by atoms with Gasteiger partial charge in [-0.25, -0.2) is 9.97 Å². The molecule has 1 amide bonds. The number of nitrogens with one attached hydrogen (secondary N) is 3. The highest BCUT2D eigenvalue weighted by molar-refractivity contribution is 7.93. The van der Waals surface area contributed by atoms with Crippen molar-refractivity contribution in [1.29, 1.82) is 0 Å². The SMILES string of the molecule is O=C(NCCCS[OH2+])C1CCc2[nH]c3ncnc(Nc4ccc5c(c4)OC(F)(F)O5)c3c2C1. The van der Waals surface area contributed by atoms with Gasteiger partial charge in [0.15, 0.2) is 23.5 Å². The summed E-state index contributed by atoms with van der Waals surface area (Å²) in [7, 11) is 0. The Morgan fingerprint density at radius 3 is 3.00 bits per heavy atom. The summed E-state index contributed by atoms with van der Waals surface area (Å²) < 4.78 is 42.8. The lowest BCUT2D eigenvalue weighted by Crippen LogP contribution is -2.34. The second-order valence-corrected chi connectivity index (χ2v) is 8.61. The van der Waals surface area contributed by atoms with Crippen molar-refractivity contribution in [3.05, 3.63) is 35.8 Å². The second-order valence-electron chi connectivity index (χ2n) is 7.91. The molecule has 0 saturated heterocycles. The van der Waals surface area contributed by atoms with Gasteiger partial charge in [0.05, 0.1) is 11.1 Å². The highest BCUT2D eigenvalue weighted by Crippen LogP contribution is 2.43. The number of aromatic amines is 1. The molecule has 1 aliphatic carbocycles. The number of H-pyrrole nitrogens is 1. The third kappa shape index (κ3) is 4.40. The first-order valence-electron chi connectivity index (χ1n) is 10.5. The molecule has 1 aliphatic heterocycles.